The van der Waals surface area contributed by atoms with E-state index in [-0.39, 0.29) is 17.9 Å². The Morgan fingerprint density at radius 1 is 1.08 bits per heavy atom. The average Bonchev–Trinajstić information content (AvgIpc) is 3.15. The van der Waals surface area contributed by atoms with E-state index >= 15 is 0 Å². The molecule has 0 saturated heterocycles. The molecule has 1 aliphatic rings. The zero-order valence-electron chi connectivity index (χ0n) is 18.9. The van der Waals surface area contributed by atoms with Gasteiger partial charge in [0.05, 0.1) is 35.2 Å². The van der Waals surface area contributed by atoms with Crippen molar-refractivity contribution in [3.63, 3.8) is 0 Å². The molecule has 190 valence electrons. The summed E-state index contributed by atoms with van der Waals surface area (Å²) in [6.45, 7) is 2.03. The number of carboxylic acids is 1. The van der Waals surface area contributed by atoms with Crippen LogP contribution in [0.15, 0.2) is 65.6 Å². The average molecular weight is 524 g/mol. The molecule has 0 aliphatic carbocycles. The third kappa shape index (κ3) is 5.01. The lowest BCUT2D eigenvalue weighted by atomic mass is 10.0. The van der Waals surface area contributed by atoms with E-state index in [0.717, 1.165) is 22.5 Å². The van der Waals surface area contributed by atoms with Crippen molar-refractivity contribution in [2.75, 3.05) is 10.9 Å². The summed E-state index contributed by atoms with van der Waals surface area (Å²) in [6.07, 6.45) is -5.28. The first-order chi connectivity index (χ1) is 16.9. The highest BCUT2D eigenvalue weighted by Crippen LogP contribution is 2.41. The quantitative estimate of drug-likeness (QED) is 0.413. The van der Waals surface area contributed by atoms with Crippen LogP contribution >= 0.6 is 0 Å². The molecule has 3 aromatic rings. The second-order valence-electron chi connectivity index (χ2n) is 8.23. The molecule has 3 aromatic carbocycles. The third-order valence-corrected chi connectivity index (χ3v) is 7.62. The van der Waals surface area contributed by atoms with Gasteiger partial charge in [-0.05, 0) is 66.4 Å². The number of hydrogen-bond acceptors (Lipinski definition) is 4. The highest BCUT2D eigenvalue weighted by molar-refractivity contribution is 7.92. The molecule has 1 atom stereocenters. The predicted molar refractivity (Wildman–Crippen MR) is 124 cm³/mol. The summed E-state index contributed by atoms with van der Waals surface area (Å²) < 4.78 is 87.4. The topological polar surface area (TPSA) is 83.9 Å². The van der Waals surface area contributed by atoms with Crippen LogP contribution in [0.25, 0.3) is 11.1 Å². The standard InChI is InChI=1S/C25H21F4NO5S/c1-2-35-21-10-17(8-19(26)13-21)15-6-7-16-9-20(14-24(31)32)30(23(16)11-15)36(33,34)22-5-3-4-18(12-22)25(27,28)29/h3-8,10-13,20H,2,9,14H2,1H3,(H,31,32). The summed E-state index contributed by atoms with van der Waals surface area (Å²) in [4.78, 5) is 10.9. The lowest BCUT2D eigenvalue weighted by Crippen LogP contribution is -2.39. The Morgan fingerprint density at radius 2 is 1.83 bits per heavy atom. The van der Waals surface area contributed by atoms with E-state index in [1.807, 2.05) is 0 Å². The van der Waals surface area contributed by atoms with Crippen LogP contribution in [0.5, 0.6) is 5.75 Å². The molecule has 4 rings (SSSR count). The monoisotopic (exact) mass is 523 g/mol. The van der Waals surface area contributed by atoms with Gasteiger partial charge in [-0.25, -0.2) is 12.8 Å². The lowest BCUT2D eigenvalue weighted by molar-refractivity contribution is -0.138. The van der Waals surface area contributed by atoms with Crippen LogP contribution in [0.2, 0.25) is 0 Å². The number of carbonyl (C=O) groups is 1. The number of alkyl halides is 3. The van der Waals surface area contributed by atoms with Crippen molar-refractivity contribution >= 4 is 21.7 Å². The normalized spacial score (nSPS) is 15.6. The van der Waals surface area contributed by atoms with Crippen LogP contribution in [0, 0.1) is 5.82 Å². The van der Waals surface area contributed by atoms with Crippen LogP contribution in [-0.2, 0) is 27.4 Å². The van der Waals surface area contributed by atoms with Crippen LogP contribution in [0.1, 0.15) is 24.5 Å². The van der Waals surface area contributed by atoms with Crippen LogP contribution in [0.4, 0.5) is 23.2 Å². The van der Waals surface area contributed by atoms with Gasteiger partial charge in [-0.2, -0.15) is 13.2 Å². The summed E-state index contributed by atoms with van der Waals surface area (Å²) in [6, 6.07) is 11.0. The zero-order valence-corrected chi connectivity index (χ0v) is 19.7. The smallest absolute Gasteiger partial charge is 0.416 e. The van der Waals surface area contributed by atoms with E-state index in [9.17, 15) is 35.9 Å². The Bertz CT molecular complexity index is 1420. The van der Waals surface area contributed by atoms with Gasteiger partial charge in [0.1, 0.15) is 11.6 Å². The number of ether oxygens (including phenoxy) is 1. The minimum atomic E-state index is -4.77. The largest absolute Gasteiger partial charge is 0.494 e. The van der Waals surface area contributed by atoms with Crippen molar-refractivity contribution in [3.05, 3.63) is 77.6 Å². The predicted octanol–water partition coefficient (Wildman–Crippen LogP) is 5.50. The number of benzene rings is 3. The van der Waals surface area contributed by atoms with Crippen molar-refractivity contribution in [1.82, 2.24) is 0 Å². The molecule has 0 aromatic heterocycles. The van der Waals surface area contributed by atoms with E-state index in [2.05, 4.69) is 0 Å². The van der Waals surface area contributed by atoms with Crippen molar-refractivity contribution < 1.29 is 40.6 Å². The molecule has 0 radical (unpaired) electrons. The molecular weight excluding hydrogens is 502 g/mol. The van der Waals surface area contributed by atoms with Crippen molar-refractivity contribution in [1.29, 1.82) is 0 Å². The Hall–Kier alpha value is -3.60. The number of halogens is 4. The summed E-state index contributed by atoms with van der Waals surface area (Å²) in [5.74, 6) is -1.57. The van der Waals surface area contributed by atoms with E-state index in [4.69, 9.17) is 4.74 Å². The second kappa shape index (κ2) is 9.45. The molecule has 0 spiro atoms. The molecule has 11 heteroatoms. The number of carboxylic acid groups (broad SMARTS) is 1. The van der Waals surface area contributed by atoms with E-state index in [0.29, 0.717) is 29.4 Å². The van der Waals surface area contributed by atoms with Crippen molar-refractivity contribution in [2.45, 2.75) is 36.9 Å². The fourth-order valence-corrected chi connectivity index (χ4v) is 5.99. The van der Waals surface area contributed by atoms with Gasteiger partial charge in [0.2, 0.25) is 0 Å². The summed E-state index contributed by atoms with van der Waals surface area (Å²) in [7, 11) is -4.58. The van der Waals surface area contributed by atoms with Crippen molar-refractivity contribution in [3.8, 4) is 16.9 Å². The number of hydrogen-bond donors (Lipinski definition) is 1. The Balaban J connectivity index is 1.84. The fourth-order valence-electron chi connectivity index (χ4n) is 4.26. The molecule has 0 amide bonds. The minimum absolute atomic E-state index is 0.0491. The second-order valence-corrected chi connectivity index (χ2v) is 10.0. The third-order valence-electron chi connectivity index (χ3n) is 5.75. The first-order valence-corrected chi connectivity index (χ1v) is 12.3. The van der Waals surface area contributed by atoms with E-state index < -0.39 is 50.9 Å². The summed E-state index contributed by atoms with van der Waals surface area (Å²) in [5, 5.41) is 9.38. The number of anilines is 1. The zero-order chi connectivity index (χ0) is 26.3. The molecule has 1 unspecified atom stereocenters. The maximum Gasteiger partial charge on any atom is 0.416 e. The molecule has 0 fully saturated rings. The maximum atomic E-state index is 14.2. The van der Waals surface area contributed by atoms with Crippen LogP contribution < -0.4 is 9.04 Å². The Labute approximate surface area is 204 Å². The van der Waals surface area contributed by atoms with Gasteiger partial charge in [0, 0.05) is 6.07 Å². The first-order valence-electron chi connectivity index (χ1n) is 10.9. The van der Waals surface area contributed by atoms with Gasteiger partial charge >= 0.3 is 12.1 Å². The molecule has 1 N–H and O–H groups in total. The molecule has 0 saturated carbocycles. The SMILES string of the molecule is CCOc1cc(F)cc(-c2ccc3c(c2)N(S(=O)(=O)c2cccc(C(F)(F)F)c2)C(CC(=O)O)C3)c1. The Kier molecular flexibility index (Phi) is 6.70. The van der Waals surface area contributed by atoms with Gasteiger partial charge < -0.3 is 9.84 Å². The highest BCUT2D eigenvalue weighted by atomic mass is 32.2. The summed E-state index contributed by atoms with van der Waals surface area (Å²) >= 11 is 0. The maximum absolute atomic E-state index is 14.2. The molecular formula is C25H21F4NO5S. The molecule has 1 heterocycles. The van der Waals surface area contributed by atoms with Gasteiger partial charge in [0.15, 0.2) is 0 Å². The highest BCUT2D eigenvalue weighted by Gasteiger charge is 2.41. The molecule has 6 nitrogen and oxygen atoms in total. The molecule has 1 aliphatic heterocycles. The lowest BCUT2D eigenvalue weighted by Gasteiger charge is -2.26. The van der Waals surface area contributed by atoms with E-state index in [1.54, 1.807) is 25.1 Å². The number of fused-ring (bicyclic) bond motifs is 1. The molecule has 0 bridgehead atoms. The first kappa shape index (κ1) is 25.5. The number of nitrogens with zero attached hydrogens (tertiary/aromatic N) is 1. The molecule has 36 heavy (non-hydrogen) atoms. The Morgan fingerprint density at radius 3 is 2.50 bits per heavy atom. The summed E-state index contributed by atoms with van der Waals surface area (Å²) in [5.41, 5.74) is 0.295. The van der Waals surface area contributed by atoms with Gasteiger partial charge in [-0.3, -0.25) is 9.10 Å². The number of rotatable bonds is 7. The van der Waals surface area contributed by atoms with Crippen LogP contribution in [0.3, 0.4) is 0 Å². The van der Waals surface area contributed by atoms with Crippen molar-refractivity contribution in [2.24, 2.45) is 0 Å². The number of sulfonamides is 1. The van der Waals surface area contributed by atoms with Crippen LogP contribution in [-0.4, -0.2) is 32.1 Å². The van der Waals surface area contributed by atoms with Gasteiger partial charge in [-0.15, -0.1) is 0 Å². The number of aliphatic carboxylic acids is 1. The fraction of sp³-hybridized carbons (Fsp3) is 0.240. The minimum Gasteiger partial charge on any atom is -0.494 e. The van der Waals surface area contributed by atoms with Gasteiger partial charge in [-0.1, -0.05) is 18.2 Å². The van der Waals surface area contributed by atoms with E-state index in [1.165, 1.54) is 18.2 Å². The van der Waals surface area contributed by atoms with Gasteiger partial charge in [0.25, 0.3) is 10.0 Å².